The number of aliphatic carboxylic acids is 1. The highest BCUT2D eigenvalue weighted by Gasteiger charge is 2.51. The standard InChI is InChI=1S/C12H15N3O3/c1-3-9-8(6-7(2)14-15-9)10(16)13-12(4-5-12)11(17)18/h6H,3-5H2,1-2H3,(H,13,16)(H,17,18). The Bertz CT molecular complexity index is 509. The highest BCUT2D eigenvalue weighted by Crippen LogP contribution is 2.35. The van der Waals surface area contributed by atoms with E-state index in [1.54, 1.807) is 13.0 Å². The fraction of sp³-hybridized carbons (Fsp3) is 0.500. The molecule has 1 saturated carbocycles. The highest BCUT2D eigenvalue weighted by atomic mass is 16.4. The fourth-order valence-electron chi connectivity index (χ4n) is 1.77. The van der Waals surface area contributed by atoms with Crippen LogP contribution in [0.2, 0.25) is 0 Å². The van der Waals surface area contributed by atoms with Gasteiger partial charge in [-0.3, -0.25) is 4.79 Å². The number of aryl methyl sites for hydroxylation is 2. The third-order valence-electron chi connectivity index (χ3n) is 3.08. The Hall–Kier alpha value is -1.98. The van der Waals surface area contributed by atoms with Crippen LogP contribution in [-0.2, 0) is 11.2 Å². The molecule has 2 N–H and O–H groups in total. The van der Waals surface area contributed by atoms with E-state index < -0.39 is 11.5 Å². The van der Waals surface area contributed by atoms with Crippen LogP contribution in [0.25, 0.3) is 0 Å². The highest BCUT2D eigenvalue weighted by molar-refractivity contribution is 5.99. The zero-order valence-electron chi connectivity index (χ0n) is 10.4. The molecule has 1 fully saturated rings. The molecule has 0 bridgehead atoms. The predicted molar refractivity (Wildman–Crippen MR) is 63.2 cm³/mol. The first-order valence-electron chi connectivity index (χ1n) is 5.87. The Kier molecular flexibility index (Phi) is 3.02. The van der Waals surface area contributed by atoms with Crippen molar-refractivity contribution in [2.24, 2.45) is 0 Å². The van der Waals surface area contributed by atoms with Crippen molar-refractivity contribution < 1.29 is 14.7 Å². The first kappa shape index (κ1) is 12.5. The van der Waals surface area contributed by atoms with E-state index in [-0.39, 0.29) is 5.91 Å². The molecule has 0 unspecified atom stereocenters. The number of carboxylic acids is 1. The van der Waals surface area contributed by atoms with E-state index in [2.05, 4.69) is 15.5 Å². The van der Waals surface area contributed by atoms with Crippen molar-refractivity contribution in [1.29, 1.82) is 0 Å². The van der Waals surface area contributed by atoms with Crippen molar-refractivity contribution in [2.75, 3.05) is 0 Å². The third-order valence-corrected chi connectivity index (χ3v) is 3.08. The van der Waals surface area contributed by atoms with Gasteiger partial charge < -0.3 is 10.4 Å². The van der Waals surface area contributed by atoms with Crippen LogP contribution in [0, 0.1) is 6.92 Å². The SMILES string of the molecule is CCc1nnc(C)cc1C(=O)NC1(C(=O)O)CC1. The van der Waals surface area contributed by atoms with E-state index in [1.165, 1.54) is 0 Å². The van der Waals surface area contributed by atoms with Crippen LogP contribution in [0.1, 0.15) is 41.5 Å². The molecule has 0 spiro atoms. The van der Waals surface area contributed by atoms with E-state index >= 15 is 0 Å². The maximum atomic E-state index is 12.1. The van der Waals surface area contributed by atoms with Gasteiger partial charge in [0.15, 0.2) is 0 Å². The minimum atomic E-state index is -1.07. The topological polar surface area (TPSA) is 92.2 Å². The Morgan fingerprint density at radius 1 is 1.44 bits per heavy atom. The van der Waals surface area contributed by atoms with Gasteiger partial charge in [-0.15, -0.1) is 0 Å². The maximum Gasteiger partial charge on any atom is 0.329 e. The summed E-state index contributed by atoms with van der Waals surface area (Å²) >= 11 is 0. The number of aromatic nitrogens is 2. The largest absolute Gasteiger partial charge is 0.480 e. The average molecular weight is 249 g/mol. The summed E-state index contributed by atoms with van der Waals surface area (Å²) in [7, 11) is 0. The summed E-state index contributed by atoms with van der Waals surface area (Å²) in [6.45, 7) is 3.62. The number of nitrogens with zero attached hydrogens (tertiary/aromatic N) is 2. The summed E-state index contributed by atoms with van der Waals surface area (Å²) in [5.41, 5.74) is 0.563. The number of rotatable bonds is 4. The molecule has 6 nitrogen and oxygen atoms in total. The Labute approximate surface area is 104 Å². The van der Waals surface area contributed by atoms with Crippen LogP contribution >= 0.6 is 0 Å². The second-order valence-electron chi connectivity index (χ2n) is 4.54. The fourth-order valence-corrected chi connectivity index (χ4v) is 1.77. The molecule has 0 aromatic carbocycles. The normalized spacial score (nSPS) is 16.1. The number of nitrogens with one attached hydrogen (secondary N) is 1. The van der Waals surface area contributed by atoms with Gasteiger partial charge in [-0.25, -0.2) is 4.79 Å². The molecule has 1 aliphatic rings. The summed E-state index contributed by atoms with van der Waals surface area (Å²) < 4.78 is 0. The van der Waals surface area contributed by atoms with E-state index in [0.717, 1.165) is 0 Å². The molecule has 1 amide bonds. The summed E-state index contributed by atoms with van der Waals surface area (Å²) in [5, 5.41) is 19.5. The monoisotopic (exact) mass is 249 g/mol. The van der Waals surface area contributed by atoms with Gasteiger partial charge in [-0.2, -0.15) is 10.2 Å². The van der Waals surface area contributed by atoms with Crippen molar-refractivity contribution in [2.45, 2.75) is 38.6 Å². The van der Waals surface area contributed by atoms with E-state index in [4.69, 9.17) is 5.11 Å². The van der Waals surface area contributed by atoms with Gasteiger partial charge in [0.2, 0.25) is 0 Å². The lowest BCUT2D eigenvalue weighted by atomic mass is 10.1. The lowest BCUT2D eigenvalue weighted by molar-refractivity contribution is -0.140. The molecule has 1 aliphatic carbocycles. The van der Waals surface area contributed by atoms with Crippen molar-refractivity contribution in [3.8, 4) is 0 Å². The Morgan fingerprint density at radius 3 is 2.61 bits per heavy atom. The second-order valence-corrected chi connectivity index (χ2v) is 4.54. The van der Waals surface area contributed by atoms with Crippen molar-refractivity contribution in [3.05, 3.63) is 23.0 Å². The van der Waals surface area contributed by atoms with Crippen molar-refractivity contribution >= 4 is 11.9 Å². The Morgan fingerprint density at radius 2 is 2.11 bits per heavy atom. The van der Waals surface area contributed by atoms with Crippen LogP contribution in [0.3, 0.4) is 0 Å². The number of carboxylic acid groups (broad SMARTS) is 1. The van der Waals surface area contributed by atoms with Gasteiger partial charge in [0.25, 0.3) is 5.91 Å². The molecule has 1 aromatic heterocycles. The van der Waals surface area contributed by atoms with Gasteiger partial charge in [-0.05, 0) is 32.3 Å². The number of amides is 1. The predicted octanol–water partition coefficient (Wildman–Crippen LogP) is 0.694. The molecular weight excluding hydrogens is 234 g/mol. The summed E-state index contributed by atoms with van der Waals surface area (Å²) in [6, 6.07) is 1.64. The smallest absolute Gasteiger partial charge is 0.329 e. The molecule has 1 heterocycles. The van der Waals surface area contributed by atoms with Gasteiger partial charge in [0, 0.05) is 0 Å². The number of carbonyl (C=O) groups is 2. The van der Waals surface area contributed by atoms with Gasteiger partial charge in [0.1, 0.15) is 5.54 Å². The van der Waals surface area contributed by atoms with Gasteiger partial charge in [-0.1, -0.05) is 6.92 Å². The number of carbonyl (C=O) groups excluding carboxylic acids is 1. The molecule has 0 aliphatic heterocycles. The molecule has 0 radical (unpaired) electrons. The van der Waals surface area contributed by atoms with Crippen LogP contribution in [0.5, 0.6) is 0 Å². The molecule has 2 rings (SSSR count). The number of hydrogen-bond acceptors (Lipinski definition) is 4. The second kappa shape index (κ2) is 4.36. The summed E-state index contributed by atoms with van der Waals surface area (Å²) in [4.78, 5) is 23.1. The van der Waals surface area contributed by atoms with E-state index in [9.17, 15) is 9.59 Å². The molecular formula is C12H15N3O3. The first-order chi connectivity index (χ1) is 8.48. The third kappa shape index (κ3) is 2.18. The molecule has 18 heavy (non-hydrogen) atoms. The average Bonchev–Trinajstić information content (AvgIpc) is 3.10. The Balaban J connectivity index is 2.24. The van der Waals surface area contributed by atoms with Crippen molar-refractivity contribution in [1.82, 2.24) is 15.5 Å². The molecule has 0 atom stereocenters. The quantitative estimate of drug-likeness (QED) is 0.819. The maximum absolute atomic E-state index is 12.1. The first-order valence-corrected chi connectivity index (χ1v) is 5.87. The minimum absolute atomic E-state index is 0.384. The molecule has 96 valence electrons. The minimum Gasteiger partial charge on any atom is -0.480 e. The molecule has 1 aromatic rings. The summed E-state index contributed by atoms with van der Waals surface area (Å²) in [6.07, 6.45) is 1.54. The van der Waals surface area contributed by atoms with Crippen LogP contribution in [0.15, 0.2) is 6.07 Å². The summed E-state index contributed by atoms with van der Waals surface area (Å²) in [5.74, 6) is -1.36. The van der Waals surface area contributed by atoms with Crippen LogP contribution < -0.4 is 5.32 Å². The molecule has 0 saturated heterocycles. The lowest BCUT2D eigenvalue weighted by Crippen LogP contribution is -2.43. The lowest BCUT2D eigenvalue weighted by Gasteiger charge is -2.13. The van der Waals surface area contributed by atoms with E-state index in [0.29, 0.717) is 36.2 Å². The zero-order valence-corrected chi connectivity index (χ0v) is 10.4. The van der Waals surface area contributed by atoms with E-state index in [1.807, 2.05) is 6.92 Å². The van der Waals surface area contributed by atoms with Gasteiger partial charge >= 0.3 is 5.97 Å². The van der Waals surface area contributed by atoms with Crippen LogP contribution in [-0.4, -0.2) is 32.7 Å². The zero-order chi connectivity index (χ0) is 13.3. The van der Waals surface area contributed by atoms with Crippen molar-refractivity contribution in [3.63, 3.8) is 0 Å². The number of hydrogen-bond donors (Lipinski definition) is 2. The molecule has 6 heteroatoms. The van der Waals surface area contributed by atoms with Crippen LogP contribution in [0.4, 0.5) is 0 Å². The van der Waals surface area contributed by atoms with Gasteiger partial charge in [0.05, 0.1) is 17.0 Å².